The van der Waals surface area contributed by atoms with Crippen molar-refractivity contribution in [3.05, 3.63) is 86.9 Å². The summed E-state index contributed by atoms with van der Waals surface area (Å²) in [6.45, 7) is 4.56. The molecule has 0 saturated heterocycles. The SMILES string of the molecule is Cc1c(OCc2ccccc2C#N)cc(C)n(CC2=CCCC=C2)c1=O. The monoisotopic (exact) mass is 346 g/mol. The maximum Gasteiger partial charge on any atom is 0.257 e. The molecule has 0 N–H and O–H groups in total. The number of benzene rings is 1. The van der Waals surface area contributed by atoms with E-state index in [1.807, 2.05) is 31.2 Å². The molecule has 0 aliphatic heterocycles. The van der Waals surface area contributed by atoms with Crippen molar-refractivity contribution < 1.29 is 4.74 Å². The maximum absolute atomic E-state index is 12.8. The minimum absolute atomic E-state index is 0.0339. The molecular formula is C22H22N2O2. The van der Waals surface area contributed by atoms with Crippen molar-refractivity contribution in [2.24, 2.45) is 0 Å². The second-order valence-electron chi connectivity index (χ2n) is 6.48. The highest BCUT2D eigenvalue weighted by Crippen LogP contribution is 2.20. The van der Waals surface area contributed by atoms with Crippen LogP contribution < -0.4 is 10.3 Å². The summed E-state index contributed by atoms with van der Waals surface area (Å²) in [5.74, 6) is 0.574. The van der Waals surface area contributed by atoms with Gasteiger partial charge in [0.15, 0.2) is 0 Å². The quantitative estimate of drug-likeness (QED) is 0.815. The Balaban J connectivity index is 1.83. The Labute approximate surface area is 153 Å². The summed E-state index contributed by atoms with van der Waals surface area (Å²) >= 11 is 0. The zero-order valence-corrected chi connectivity index (χ0v) is 15.2. The maximum atomic E-state index is 12.8. The van der Waals surface area contributed by atoms with Crippen LogP contribution in [0.15, 0.2) is 58.9 Å². The van der Waals surface area contributed by atoms with Gasteiger partial charge in [-0.15, -0.1) is 0 Å². The smallest absolute Gasteiger partial charge is 0.257 e. The molecule has 0 amide bonds. The molecule has 26 heavy (non-hydrogen) atoms. The summed E-state index contributed by atoms with van der Waals surface area (Å²) in [5.41, 5.74) is 3.99. The number of nitriles is 1. The minimum Gasteiger partial charge on any atom is -0.488 e. The van der Waals surface area contributed by atoms with Crippen LogP contribution in [-0.2, 0) is 13.2 Å². The zero-order chi connectivity index (χ0) is 18.5. The van der Waals surface area contributed by atoms with Crippen LogP contribution in [-0.4, -0.2) is 4.57 Å². The molecule has 0 fully saturated rings. The van der Waals surface area contributed by atoms with E-state index in [1.165, 1.54) is 0 Å². The summed E-state index contributed by atoms with van der Waals surface area (Å²) in [5, 5.41) is 9.18. The largest absolute Gasteiger partial charge is 0.488 e. The third kappa shape index (κ3) is 3.78. The van der Waals surface area contributed by atoms with Gasteiger partial charge >= 0.3 is 0 Å². The Morgan fingerprint density at radius 2 is 2.04 bits per heavy atom. The van der Waals surface area contributed by atoms with E-state index in [-0.39, 0.29) is 12.2 Å². The standard InChI is InChI=1S/C22H22N2O2/c1-16-12-21(26-15-20-11-7-6-10-19(20)13-23)17(2)22(25)24(16)14-18-8-4-3-5-9-18/h4,6-12H,3,5,14-15H2,1-2H3. The van der Waals surface area contributed by atoms with Crippen LogP contribution >= 0.6 is 0 Å². The van der Waals surface area contributed by atoms with Gasteiger partial charge in [-0.1, -0.05) is 36.4 Å². The first-order valence-corrected chi connectivity index (χ1v) is 8.77. The van der Waals surface area contributed by atoms with Crippen molar-refractivity contribution >= 4 is 0 Å². The van der Waals surface area contributed by atoms with Crippen LogP contribution in [0.2, 0.25) is 0 Å². The summed E-state index contributed by atoms with van der Waals surface area (Å²) in [6.07, 6.45) is 8.51. The van der Waals surface area contributed by atoms with Crippen molar-refractivity contribution in [3.63, 3.8) is 0 Å². The summed E-state index contributed by atoms with van der Waals surface area (Å²) in [7, 11) is 0. The van der Waals surface area contributed by atoms with E-state index in [0.29, 0.717) is 23.4 Å². The van der Waals surface area contributed by atoms with Crippen LogP contribution in [0.5, 0.6) is 5.75 Å². The molecule has 0 atom stereocenters. The van der Waals surface area contributed by atoms with Crippen LogP contribution in [0, 0.1) is 25.2 Å². The summed E-state index contributed by atoms with van der Waals surface area (Å²) in [6, 6.07) is 11.4. The van der Waals surface area contributed by atoms with Crippen molar-refractivity contribution in [1.82, 2.24) is 4.57 Å². The lowest BCUT2D eigenvalue weighted by molar-refractivity contribution is 0.302. The second kappa shape index (κ2) is 7.88. The van der Waals surface area contributed by atoms with Crippen LogP contribution in [0.25, 0.3) is 0 Å². The fourth-order valence-electron chi connectivity index (χ4n) is 3.07. The Hall–Kier alpha value is -3.06. The average Bonchev–Trinajstić information content (AvgIpc) is 2.68. The van der Waals surface area contributed by atoms with E-state index < -0.39 is 0 Å². The molecule has 1 aromatic carbocycles. The topological polar surface area (TPSA) is 55.0 Å². The number of ether oxygens (including phenoxy) is 1. The molecule has 0 spiro atoms. The zero-order valence-electron chi connectivity index (χ0n) is 15.2. The van der Waals surface area contributed by atoms with Gasteiger partial charge in [0.05, 0.1) is 23.7 Å². The molecule has 0 unspecified atom stereocenters. The molecule has 1 aliphatic rings. The first-order chi connectivity index (χ1) is 12.6. The normalized spacial score (nSPS) is 13.2. The highest BCUT2D eigenvalue weighted by Gasteiger charge is 2.12. The van der Waals surface area contributed by atoms with Crippen molar-refractivity contribution in [3.8, 4) is 11.8 Å². The predicted molar refractivity (Wildman–Crippen MR) is 102 cm³/mol. The van der Waals surface area contributed by atoms with Gasteiger partial charge in [-0.25, -0.2) is 0 Å². The average molecular weight is 346 g/mol. The lowest BCUT2D eigenvalue weighted by atomic mass is 10.1. The third-order valence-corrected chi connectivity index (χ3v) is 4.63. The number of rotatable bonds is 5. The van der Waals surface area contributed by atoms with Crippen LogP contribution in [0.3, 0.4) is 0 Å². The molecule has 1 aromatic heterocycles. The number of hydrogen-bond acceptors (Lipinski definition) is 3. The van der Waals surface area contributed by atoms with Crippen molar-refractivity contribution in [2.45, 2.75) is 39.8 Å². The van der Waals surface area contributed by atoms with E-state index >= 15 is 0 Å². The summed E-state index contributed by atoms with van der Waals surface area (Å²) in [4.78, 5) is 12.8. The number of hydrogen-bond donors (Lipinski definition) is 0. The minimum atomic E-state index is -0.0339. The lowest BCUT2D eigenvalue weighted by Crippen LogP contribution is -2.26. The van der Waals surface area contributed by atoms with Gasteiger partial charge in [0.2, 0.25) is 0 Å². The number of allylic oxidation sites excluding steroid dienone is 4. The number of pyridine rings is 1. The third-order valence-electron chi connectivity index (χ3n) is 4.63. The van der Waals surface area contributed by atoms with Gasteiger partial charge in [0.25, 0.3) is 5.56 Å². The molecule has 0 saturated carbocycles. The number of nitrogens with zero attached hydrogens (tertiary/aromatic N) is 2. The molecule has 1 heterocycles. The fraction of sp³-hybridized carbons (Fsp3) is 0.273. The van der Waals surface area contributed by atoms with E-state index in [2.05, 4.69) is 24.3 Å². The van der Waals surface area contributed by atoms with Gasteiger partial charge in [0.1, 0.15) is 12.4 Å². The Morgan fingerprint density at radius 1 is 1.23 bits per heavy atom. The van der Waals surface area contributed by atoms with Gasteiger partial charge in [0, 0.05) is 11.3 Å². The molecule has 0 bridgehead atoms. The van der Waals surface area contributed by atoms with Crippen LogP contribution in [0.1, 0.15) is 35.2 Å². The van der Waals surface area contributed by atoms with E-state index in [4.69, 9.17) is 4.74 Å². The summed E-state index contributed by atoms with van der Waals surface area (Å²) < 4.78 is 7.66. The van der Waals surface area contributed by atoms with E-state index in [0.717, 1.165) is 29.7 Å². The molecular weight excluding hydrogens is 324 g/mol. The van der Waals surface area contributed by atoms with Gasteiger partial charge in [-0.2, -0.15) is 5.26 Å². The molecule has 1 aliphatic carbocycles. The lowest BCUT2D eigenvalue weighted by Gasteiger charge is -2.17. The molecule has 4 heteroatoms. The van der Waals surface area contributed by atoms with Crippen molar-refractivity contribution in [1.29, 1.82) is 5.26 Å². The Kier molecular flexibility index (Phi) is 5.38. The number of aromatic nitrogens is 1. The molecule has 132 valence electrons. The first-order valence-electron chi connectivity index (χ1n) is 8.77. The first kappa shape index (κ1) is 17.8. The van der Waals surface area contributed by atoms with Gasteiger partial charge in [-0.05, 0) is 44.4 Å². The van der Waals surface area contributed by atoms with Gasteiger partial charge in [-0.3, -0.25) is 4.79 Å². The van der Waals surface area contributed by atoms with Gasteiger partial charge < -0.3 is 9.30 Å². The van der Waals surface area contributed by atoms with E-state index in [1.54, 1.807) is 17.6 Å². The Morgan fingerprint density at radius 3 is 2.77 bits per heavy atom. The molecule has 4 nitrogen and oxygen atoms in total. The second-order valence-corrected chi connectivity index (χ2v) is 6.48. The van der Waals surface area contributed by atoms with Crippen molar-refractivity contribution in [2.75, 3.05) is 0 Å². The van der Waals surface area contributed by atoms with E-state index in [9.17, 15) is 10.1 Å². The Bertz CT molecular complexity index is 975. The molecule has 3 rings (SSSR count). The predicted octanol–water partition coefficient (Wildman–Crippen LogP) is 4.19. The molecule has 0 radical (unpaired) electrons. The molecule has 2 aromatic rings. The number of aryl methyl sites for hydroxylation is 1. The fourth-order valence-corrected chi connectivity index (χ4v) is 3.07. The highest BCUT2D eigenvalue weighted by atomic mass is 16.5. The highest BCUT2D eigenvalue weighted by molar-refractivity contribution is 5.38. The van der Waals surface area contributed by atoms with Crippen LogP contribution in [0.4, 0.5) is 0 Å².